The number of nitrogens with two attached hydrogens (primary N) is 1. The van der Waals surface area contributed by atoms with Crippen molar-refractivity contribution >= 4 is 0 Å². The second kappa shape index (κ2) is 4.37. The second-order valence-corrected chi connectivity index (χ2v) is 1.35. The molecule has 0 aromatic heterocycles. The van der Waals surface area contributed by atoms with E-state index in [4.69, 9.17) is 5.73 Å². The Bertz CT molecular complexity index is 105. The molecular formula is C6H10FN. The lowest BCUT2D eigenvalue weighted by atomic mass is 10.4. The van der Waals surface area contributed by atoms with Crippen molar-refractivity contribution in [2.45, 2.75) is 6.92 Å². The zero-order valence-electron chi connectivity index (χ0n) is 4.89. The molecule has 0 unspecified atom stereocenters. The Labute approximate surface area is 48.7 Å². The lowest BCUT2D eigenvalue weighted by molar-refractivity contribution is 0.561. The van der Waals surface area contributed by atoms with Gasteiger partial charge < -0.3 is 5.73 Å². The molecule has 2 N–H and O–H groups in total. The van der Waals surface area contributed by atoms with E-state index in [1.54, 1.807) is 19.1 Å². The number of hydrogen-bond donors (Lipinski definition) is 1. The number of alkyl halides is 1. The quantitative estimate of drug-likeness (QED) is 0.540. The van der Waals surface area contributed by atoms with Crippen LogP contribution in [0.15, 0.2) is 23.9 Å². The average molecular weight is 115 g/mol. The molecule has 0 atom stereocenters. The molecule has 0 aliphatic rings. The molecule has 0 rings (SSSR count). The van der Waals surface area contributed by atoms with Gasteiger partial charge in [-0.2, -0.15) is 0 Å². The van der Waals surface area contributed by atoms with Gasteiger partial charge >= 0.3 is 0 Å². The SMILES string of the molecule is C/C=C(N)\C=C/CF. The summed E-state index contributed by atoms with van der Waals surface area (Å²) in [5, 5.41) is 0. The van der Waals surface area contributed by atoms with Crippen molar-refractivity contribution in [1.29, 1.82) is 0 Å². The number of halogens is 1. The molecule has 0 saturated carbocycles. The predicted molar refractivity (Wildman–Crippen MR) is 33.1 cm³/mol. The molecule has 0 aromatic carbocycles. The van der Waals surface area contributed by atoms with Crippen molar-refractivity contribution in [1.82, 2.24) is 0 Å². The first-order valence-electron chi connectivity index (χ1n) is 2.45. The van der Waals surface area contributed by atoms with E-state index in [2.05, 4.69) is 0 Å². The zero-order valence-corrected chi connectivity index (χ0v) is 4.89. The Morgan fingerprint density at radius 1 is 1.75 bits per heavy atom. The van der Waals surface area contributed by atoms with Gasteiger partial charge in [-0.05, 0) is 13.0 Å². The van der Waals surface area contributed by atoms with Crippen LogP contribution in [0.1, 0.15) is 6.92 Å². The molecule has 0 spiro atoms. The van der Waals surface area contributed by atoms with E-state index in [-0.39, 0.29) is 0 Å². The van der Waals surface area contributed by atoms with E-state index < -0.39 is 6.67 Å². The molecule has 0 fully saturated rings. The lowest BCUT2D eigenvalue weighted by Gasteiger charge is -1.84. The van der Waals surface area contributed by atoms with Gasteiger partial charge in [0, 0.05) is 5.70 Å². The number of allylic oxidation sites excluding steroid dienone is 3. The summed E-state index contributed by atoms with van der Waals surface area (Å²) in [6.45, 7) is 1.35. The third kappa shape index (κ3) is 3.40. The second-order valence-electron chi connectivity index (χ2n) is 1.35. The average Bonchev–Trinajstić information content (AvgIpc) is 1.83. The van der Waals surface area contributed by atoms with Gasteiger partial charge in [0.05, 0.1) is 0 Å². The number of hydrogen-bond acceptors (Lipinski definition) is 1. The summed E-state index contributed by atoms with van der Waals surface area (Å²) in [7, 11) is 0. The highest BCUT2D eigenvalue weighted by atomic mass is 19.1. The van der Waals surface area contributed by atoms with Gasteiger partial charge in [-0.1, -0.05) is 12.2 Å². The molecule has 0 bridgehead atoms. The summed E-state index contributed by atoms with van der Waals surface area (Å²) in [5.74, 6) is 0. The molecule has 46 valence electrons. The van der Waals surface area contributed by atoms with Crippen molar-refractivity contribution in [3.63, 3.8) is 0 Å². The van der Waals surface area contributed by atoms with Crippen LogP contribution >= 0.6 is 0 Å². The van der Waals surface area contributed by atoms with Crippen molar-refractivity contribution in [2.75, 3.05) is 6.67 Å². The molecule has 2 heteroatoms. The monoisotopic (exact) mass is 115 g/mol. The number of rotatable bonds is 2. The topological polar surface area (TPSA) is 26.0 Å². The molecule has 0 amide bonds. The maximum atomic E-state index is 11.3. The van der Waals surface area contributed by atoms with Crippen molar-refractivity contribution in [3.05, 3.63) is 23.9 Å². The smallest absolute Gasteiger partial charge is 0.108 e. The van der Waals surface area contributed by atoms with Crippen LogP contribution in [0.5, 0.6) is 0 Å². The van der Waals surface area contributed by atoms with Crippen LogP contribution in [0.3, 0.4) is 0 Å². The standard InChI is InChI=1S/C6H10FN/c1-2-6(8)4-3-5-7/h2-4H,5,8H2,1H3/b4-3-,6-2+. The van der Waals surface area contributed by atoms with Crippen LogP contribution in [0.2, 0.25) is 0 Å². The van der Waals surface area contributed by atoms with Gasteiger partial charge in [0.1, 0.15) is 6.67 Å². The van der Waals surface area contributed by atoms with Crippen molar-refractivity contribution in [2.24, 2.45) is 5.73 Å². The fraction of sp³-hybridized carbons (Fsp3) is 0.333. The normalized spacial score (nSPS) is 13.0. The molecule has 0 heterocycles. The Balaban J connectivity index is 3.53. The maximum absolute atomic E-state index is 11.3. The van der Waals surface area contributed by atoms with Crippen LogP contribution in [-0.2, 0) is 0 Å². The minimum atomic E-state index is -0.450. The van der Waals surface area contributed by atoms with Gasteiger partial charge in [-0.25, -0.2) is 4.39 Å². The van der Waals surface area contributed by atoms with Crippen LogP contribution in [-0.4, -0.2) is 6.67 Å². The molecule has 0 saturated heterocycles. The van der Waals surface area contributed by atoms with E-state index in [1.165, 1.54) is 6.08 Å². The first-order valence-corrected chi connectivity index (χ1v) is 2.45. The summed E-state index contributed by atoms with van der Waals surface area (Å²) < 4.78 is 11.3. The molecule has 1 nitrogen and oxygen atoms in total. The minimum absolute atomic E-state index is 0.450. The van der Waals surface area contributed by atoms with Gasteiger partial charge in [0.15, 0.2) is 0 Å². The molecule has 0 aliphatic heterocycles. The third-order valence-electron chi connectivity index (χ3n) is 0.733. The van der Waals surface area contributed by atoms with Crippen molar-refractivity contribution in [3.8, 4) is 0 Å². The van der Waals surface area contributed by atoms with E-state index in [0.717, 1.165) is 0 Å². The largest absolute Gasteiger partial charge is 0.399 e. The Hall–Kier alpha value is -0.790. The first kappa shape index (κ1) is 7.21. The van der Waals surface area contributed by atoms with Crippen LogP contribution in [0.25, 0.3) is 0 Å². The van der Waals surface area contributed by atoms with E-state index in [0.29, 0.717) is 5.70 Å². The Kier molecular flexibility index (Phi) is 3.94. The zero-order chi connectivity index (χ0) is 6.41. The van der Waals surface area contributed by atoms with Crippen LogP contribution in [0, 0.1) is 0 Å². The fourth-order valence-corrected chi connectivity index (χ4v) is 0.277. The summed E-state index contributed by atoms with van der Waals surface area (Å²) in [4.78, 5) is 0. The Morgan fingerprint density at radius 2 is 2.38 bits per heavy atom. The highest BCUT2D eigenvalue weighted by Crippen LogP contribution is 1.84. The van der Waals surface area contributed by atoms with E-state index in [9.17, 15) is 4.39 Å². The summed E-state index contributed by atoms with van der Waals surface area (Å²) in [5.41, 5.74) is 5.87. The molecule has 8 heavy (non-hydrogen) atoms. The molecular weight excluding hydrogens is 105 g/mol. The van der Waals surface area contributed by atoms with Gasteiger partial charge in [0.25, 0.3) is 0 Å². The van der Waals surface area contributed by atoms with Crippen LogP contribution < -0.4 is 5.73 Å². The molecule has 0 aliphatic carbocycles. The summed E-state index contributed by atoms with van der Waals surface area (Å²) in [6, 6.07) is 0. The summed E-state index contributed by atoms with van der Waals surface area (Å²) >= 11 is 0. The van der Waals surface area contributed by atoms with Crippen LogP contribution in [0.4, 0.5) is 4.39 Å². The highest BCUT2D eigenvalue weighted by Gasteiger charge is 1.73. The molecule has 0 radical (unpaired) electrons. The minimum Gasteiger partial charge on any atom is -0.399 e. The fourth-order valence-electron chi connectivity index (χ4n) is 0.277. The third-order valence-corrected chi connectivity index (χ3v) is 0.733. The van der Waals surface area contributed by atoms with E-state index >= 15 is 0 Å². The maximum Gasteiger partial charge on any atom is 0.108 e. The first-order chi connectivity index (χ1) is 3.81. The summed E-state index contributed by atoms with van der Waals surface area (Å²) in [6.07, 6.45) is 4.63. The van der Waals surface area contributed by atoms with Gasteiger partial charge in [-0.15, -0.1) is 0 Å². The van der Waals surface area contributed by atoms with E-state index in [1.807, 2.05) is 0 Å². The Morgan fingerprint density at radius 3 is 2.75 bits per heavy atom. The predicted octanol–water partition coefficient (Wildman–Crippen LogP) is 1.37. The van der Waals surface area contributed by atoms with Gasteiger partial charge in [0.2, 0.25) is 0 Å². The lowest BCUT2D eigenvalue weighted by Crippen LogP contribution is -1.90. The van der Waals surface area contributed by atoms with Gasteiger partial charge in [-0.3, -0.25) is 0 Å². The highest BCUT2D eigenvalue weighted by molar-refractivity contribution is 5.13. The molecule has 0 aromatic rings. The van der Waals surface area contributed by atoms with Crippen molar-refractivity contribution < 1.29 is 4.39 Å².